The van der Waals surface area contributed by atoms with Crippen LogP contribution in [0.2, 0.25) is 0 Å². The van der Waals surface area contributed by atoms with Gasteiger partial charge in [-0.05, 0) is 38.5 Å². The summed E-state index contributed by atoms with van der Waals surface area (Å²) in [5.41, 5.74) is 27.6. The van der Waals surface area contributed by atoms with Crippen LogP contribution in [0, 0.1) is 22.1 Å². The summed E-state index contributed by atoms with van der Waals surface area (Å²) >= 11 is 0. The van der Waals surface area contributed by atoms with Gasteiger partial charge in [0.05, 0.1) is 25.2 Å². The van der Waals surface area contributed by atoms with E-state index in [0.717, 1.165) is 25.7 Å². The van der Waals surface area contributed by atoms with Crippen molar-refractivity contribution in [3.05, 3.63) is 12.2 Å². The Bertz CT molecular complexity index is 285. The molecule has 0 rings (SSSR count). The van der Waals surface area contributed by atoms with Gasteiger partial charge in [0.1, 0.15) is 0 Å². The number of hydrogen-bond acceptors (Lipinski definition) is 8. The fraction of sp³-hybridized carbons (Fsp3) is 0.833. The second-order valence-electron chi connectivity index (χ2n) is 4.56. The molecule has 0 aliphatic rings. The summed E-state index contributed by atoms with van der Waals surface area (Å²) in [6.45, 7) is 0.993. The van der Waals surface area contributed by atoms with Gasteiger partial charge in [0.15, 0.2) is 0 Å². The smallest absolute Gasteiger partial charge is 0.0740 e. The van der Waals surface area contributed by atoms with Gasteiger partial charge < -0.3 is 0 Å². The van der Waals surface area contributed by atoms with E-state index in [9.17, 15) is 0 Å². The highest BCUT2D eigenvalue weighted by molar-refractivity contribution is 4.89. The van der Waals surface area contributed by atoms with Gasteiger partial charge in [-0.15, -0.1) is 0 Å². The topological polar surface area (TPSA) is 145 Å². The van der Waals surface area contributed by atoms with Gasteiger partial charge in [-0.2, -0.15) is 20.5 Å². The van der Waals surface area contributed by atoms with E-state index in [2.05, 4.69) is 20.5 Å². The molecule has 8 heteroatoms. The van der Waals surface area contributed by atoms with Crippen LogP contribution in [0.3, 0.4) is 0 Å². The first-order valence-corrected chi connectivity index (χ1v) is 6.83. The second-order valence-corrected chi connectivity index (χ2v) is 4.56. The van der Waals surface area contributed by atoms with E-state index in [1.165, 1.54) is 0 Å². The fourth-order valence-electron chi connectivity index (χ4n) is 1.79. The summed E-state index contributed by atoms with van der Waals surface area (Å²) in [7, 11) is 0. The number of rotatable bonds is 14. The molecule has 0 radical (unpaired) electrons. The van der Waals surface area contributed by atoms with Crippen molar-refractivity contribution in [3.8, 4) is 0 Å². The van der Waals surface area contributed by atoms with Crippen LogP contribution in [0.25, 0.3) is 0 Å². The van der Waals surface area contributed by atoms with Crippen molar-refractivity contribution in [2.75, 3.05) is 13.1 Å². The minimum atomic E-state index is -0.0403. The van der Waals surface area contributed by atoms with Crippen LogP contribution in [0.1, 0.15) is 38.5 Å². The number of nitrogens with one attached hydrogen (secondary N) is 4. The van der Waals surface area contributed by atoms with Crippen molar-refractivity contribution in [2.45, 2.75) is 50.6 Å². The molecule has 2 atom stereocenters. The van der Waals surface area contributed by atoms with Crippen LogP contribution in [0.5, 0.6) is 0 Å². The molecule has 0 heterocycles. The van der Waals surface area contributed by atoms with Crippen molar-refractivity contribution in [1.29, 1.82) is 22.1 Å². The van der Waals surface area contributed by atoms with E-state index in [1.54, 1.807) is 0 Å². The summed E-state index contributed by atoms with van der Waals surface area (Å²) in [5.74, 6) is 0. The summed E-state index contributed by atoms with van der Waals surface area (Å²) < 4.78 is 0. The third-order valence-electron chi connectivity index (χ3n) is 2.96. The SMILES string of the molecule is N=NCCCC(CC=CCC(CCCN=N)N=N)N=N. The fourth-order valence-corrected chi connectivity index (χ4v) is 1.79. The first kappa shape index (κ1) is 18.1. The Labute approximate surface area is 119 Å². The van der Waals surface area contributed by atoms with Crippen LogP contribution in [0.15, 0.2) is 32.6 Å². The molecular weight excluding hydrogens is 256 g/mol. The Morgan fingerprint density at radius 1 is 0.700 bits per heavy atom. The standard InChI is InChI=1S/C12H24N8/c13-17-9-3-7-11(19-15)5-1-2-6-12(20-16)8-4-10-18-14/h1-2,11-16H,3-10H2. The highest BCUT2D eigenvalue weighted by atomic mass is 15.0. The van der Waals surface area contributed by atoms with E-state index in [0.29, 0.717) is 25.9 Å². The lowest BCUT2D eigenvalue weighted by atomic mass is 10.1. The maximum atomic E-state index is 7.10. The largest absolute Gasteiger partial charge is 0.210 e. The molecule has 0 amide bonds. The highest BCUT2D eigenvalue weighted by Gasteiger charge is 2.06. The average Bonchev–Trinajstić information content (AvgIpc) is 2.48. The predicted octanol–water partition coefficient (Wildman–Crippen LogP) is 4.74. The molecular formula is C12H24N8. The Morgan fingerprint density at radius 3 is 1.40 bits per heavy atom. The molecule has 0 aromatic heterocycles. The molecule has 4 N–H and O–H groups in total. The van der Waals surface area contributed by atoms with Crippen molar-refractivity contribution >= 4 is 0 Å². The summed E-state index contributed by atoms with van der Waals surface area (Å²) in [4.78, 5) is 0. The minimum Gasteiger partial charge on any atom is -0.210 e. The van der Waals surface area contributed by atoms with Crippen molar-refractivity contribution < 1.29 is 0 Å². The summed E-state index contributed by atoms with van der Waals surface area (Å²) in [5, 5.41) is 13.7. The lowest BCUT2D eigenvalue weighted by Crippen LogP contribution is -2.04. The van der Waals surface area contributed by atoms with E-state index >= 15 is 0 Å². The van der Waals surface area contributed by atoms with E-state index < -0.39 is 0 Å². The number of nitrogens with zero attached hydrogens (tertiary/aromatic N) is 4. The summed E-state index contributed by atoms with van der Waals surface area (Å²) in [6, 6.07) is -0.0805. The zero-order valence-electron chi connectivity index (χ0n) is 11.8. The van der Waals surface area contributed by atoms with E-state index in [-0.39, 0.29) is 12.1 Å². The van der Waals surface area contributed by atoms with E-state index in [4.69, 9.17) is 22.1 Å². The first-order valence-electron chi connectivity index (χ1n) is 6.83. The molecule has 0 saturated carbocycles. The molecule has 0 saturated heterocycles. The van der Waals surface area contributed by atoms with Crippen LogP contribution in [-0.2, 0) is 0 Å². The van der Waals surface area contributed by atoms with E-state index in [1.807, 2.05) is 12.2 Å². The van der Waals surface area contributed by atoms with Crippen LogP contribution < -0.4 is 0 Å². The molecule has 0 spiro atoms. The molecule has 0 bridgehead atoms. The molecule has 0 aromatic carbocycles. The molecule has 0 aliphatic heterocycles. The second kappa shape index (κ2) is 13.6. The minimum absolute atomic E-state index is 0.0403. The lowest BCUT2D eigenvalue weighted by Gasteiger charge is -2.07. The lowest BCUT2D eigenvalue weighted by molar-refractivity contribution is 0.548. The highest BCUT2D eigenvalue weighted by Crippen LogP contribution is 2.11. The zero-order chi connectivity index (χ0) is 15.1. The third-order valence-corrected chi connectivity index (χ3v) is 2.96. The van der Waals surface area contributed by atoms with Gasteiger partial charge in [0.25, 0.3) is 0 Å². The number of hydrogen-bond donors (Lipinski definition) is 4. The first-order chi connectivity index (χ1) is 9.78. The molecule has 20 heavy (non-hydrogen) atoms. The molecule has 2 unspecified atom stereocenters. The van der Waals surface area contributed by atoms with Gasteiger partial charge in [-0.3, -0.25) is 0 Å². The van der Waals surface area contributed by atoms with Gasteiger partial charge in [-0.1, -0.05) is 12.2 Å². The molecule has 8 nitrogen and oxygen atoms in total. The Hall–Kier alpha value is -1.86. The van der Waals surface area contributed by atoms with Crippen LogP contribution in [0.4, 0.5) is 0 Å². The normalized spacial score (nSPS) is 13.8. The zero-order valence-corrected chi connectivity index (χ0v) is 11.8. The van der Waals surface area contributed by atoms with Crippen molar-refractivity contribution in [3.63, 3.8) is 0 Å². The van der Waals surface area contributed by atoms with Crippen molar-refractivity contribution in [2.24, 2.45) is 20.5 Å². The van der Waals surface area contributed by atoms with Gasteiger partial charge in [-0.25, -0.2) is 22.1 Å². The molecule has 0 fully saturated rings. The Balaban J connectivity index is 3.89. The third kappa shape index (κ3) is 10.1. The quantitative estimate of drug-likeness (QED) is 0.198. The monoisotopic (exact) mass is 280 g/mol. The van der Waals surface area contributed by atoms with Crippen LogP contribution >= 0.6 is 0 Å². The maximum Gasteiger partial charge on any atom is 0.0740 e. The average molecular weight is 280 g/mol. The van der Waals surface area contributed by atoms with Gasteiger partial charge in [0.2, 0.25) is 0 Å². The van der Waals surface area contributed by atoms with Gasteiger partial charge >= 0.3 is 0 Å². The maximum absolute atomic E-state index is 7.10. The Kier molecular flexibility index (Phi) is 12.3. The molecule has 112 valence electrons. The van der Waals surface area contributed by atoms with Gasteiger partial charge in [0, 0.05) is 0 Å². The van der Waals surface area contributed by atoms with Crippen LogP contribution in [-0.4, -0.2) is 25.2 Å². The Morgan fingerprint density at radius 2 is 1.10 bits per heavy atom. The molecule has 0 aromatic rings. The summed E-state index contributed by atoms with van der Waals surface area (Å²) in [6.07, 6.45) is 8.47. The van der Waals surface area contributed by atoms with Crippen molar-refractivity contribution in [1.82, 2.24) is 0 Å². The predicted molar refractivity (Wildman–Crippen MR) is 74.7 cm³/mol. The molecule has 0 aliphatic carbocycles.